The highest BCUT2D eigenvalue weighted by molar-refractivity contribution is 5.79. The minimum absolute atomic E-state index is 0.00889. The number of carbonyl (C=O) groups excluding carboxylic acids is 1. The van der Waals surface area contributed by atoms with E-state index < -0.39 is 0 Å². The summed E-state index contributed by atoms with van der Waals surface area (Å²) in [4.78, 5) is 27.8. The van der Waals surface area contributed by atoms with Gasteiger partial charge in [0.05, 0.1) is 26.1 Å². The molecule has 4 rings (SSSR count). The third kappa shape index (κ3) is 4.27. The number of aromatic nitrogens is 3. The maximum atomic E-state index is 12.7. The largest absolute Gasteiger partial charge is 0.493 e. The number of piperidine rings is 1. The molecule has 2 aromatic heterocycles. The molecule has 30 heavy (non-hydrogen) atoms. The molecule has 8 heteroatoms. The maximum absolute atomic E-state index is 12.7. The van der Waals surface area contributed by atoms with Gasteiger partial charge in [-0.3, -0.25) is 9.78 Å². The molecule has 0 radical (unpaired) electrons. The van der Waals surface area contributed by atoms with E-state index in [1.165, 1.54) is 0 Å². The number of hydrogen-bond donors (Lipinski definition) is 1. The molecular weight excluding hydrogens is 382 g/mol. The third-order valence-electron chi connectivity index (χ3n) is 5.46. The van der Waals surface area contributed by atoms with Gasteiger partial charge >= 0.3 is 0 Å². The number of hydrogen-bond acceptors (Lipinski definition) is 7. The van der Waals surface area contributed by atoms with Crippen molar-refractivity contribution in [3.8, 4) is 11.5 Å². The van der Waals surface area contributed by atoms with Crippen LogP contribution in [0.25, 0.3) is 11.2 Å². The summed E-state index contributed by atoms with van der Waals surface area (Å²) in [6.07, 6.45) is 6.74. The lowest BCUT2D eigenvalue weighted by atomic mass is 9.95. The Morgan fingerprint density at radius 3 is 2.60 bits per heavy atom. The first-order chi connectivity index (χ1) is 14.7. The number of rotatable bonds is 6. The Morgan fingerprint density at radius 2 is 1.83 bits per heavy atom. The normalized spacial score (nSPS) is 14.5. The van der Waals surface area contributed by atoms with E-state index in [1.54, 1.807) is 26.6 Å². The Balaban J connectivity index is 1.31. The second kappa shape index (κ2) is 8.94. The molecule has 1 aliphatic heterocycles. The number of amides is 1. The standard InChI is InChI=1S/C22H25N5O3/c1-29-19-4-3-15(11-20(19)30-2)13-26-22(28)16-5-9-27(10-6-16)17-12-18-21(25-14-17)24-8-7-23-18/h3-4,7-8,11-12,14,16H,5-6,9-10,13H2,1-2H3,(H,26,28). The molecule has 8 nitrogen and oxygen atoms in total. The van der Waals surface area contributed by atoms with Gasteiger partial charge in [-0.15, -0.1) is 0 Å². The van der Waals surface area contributed by atoms with Gasteiger partial charge in [0, 0.05) is 37.9 Å². The lowest BCUT2D eigenvalue weighted by molar-refractivity contribution is -0.125. The van der Waals surface area contributed by atoms with Crippen LogP contribution in [0.1, 0.15) is 18.4 Å². The van der Waals surface area contributed by atoms with Gasteiger partial charge in [0.25, 0.3) is 0 Å². The first-order valence-electron chi connectivity index (χ1n) is 9.98. The van der Waals surface area contributed by atoms with Crippen molar-refractivity contribution in [3.63, 3.8) is 0 Å². The number of carbonyl (C=O) groups is 1. The number of ether oxygens (including phenoxy) is 2. The van der Waals surface area contributed by atoms with Gasteiger partial charge in [-0.2, -0.15) is 0 Å². The van der Waals surface area contributed by atoms with E-state index in [0.29, 0.717) is 23.7 Å². The summed E-state index contributed by atoms with van der Waals surface area (Å²) in [5.41, 5.74) is 3.42. The van der Waals surface area contributed by atoms with Crippen LogP contribution < -0.4 is 19.7 Å². The van der Waals surface area contributed by atoms with Crippen molar-refractivity contribution in [1.82, 2.24) is 20.3 Å². The van der Waals surface area contributed by atoms with E-state index >= 15 is 0 Å². The number of nitrogens with zero attached hydrogens (tertiary/aromatic N) is 4. The molecule has 1 aliphatic rings. The number of methoxy groups -OCH3 is 2. The highest BCUT2D eigenvalue weighted by Crippen LogP contribution is 2.28. The summed E-state index contributed by atoms with van der Waals surface area (Å²) < 4.78 is 10.6. The molecule has 3 heterocycles. The molecule has 0 atom stereocenters. The number of pyridine rings is 1. The van der Waals surface area contributed by atoms with E-state index in [0.717, 1.165) is 42.7 Å². The maximum Gasteiger partial charge on any atom is 0.223 e. The Labute approximate surface area is 175 Å². The Kier molecular flexibility index (Phi) is 5.92. The van der Waals surface area contributed by atoms with Crippen LogP contribution in [0, 0.1) is 5.92 Å². The van der Waals surface area contributed by atoms with Crippen LogP contribution >= 0.6 is 0 Å². The van der Waals surface area contributed by atoms with Gasteiger partial charge in [0.2, 0.25) is 5.91 Å². The number of fused-ring (bicyclic) bond motifs is 1. The summed E-state index contributed by atoms with van der Waals surface area (Å²) in [6.45, 7) is 2.08. The van der Waals surface area contributed by atoms with Crippen molar-refractivity contribution >= 4 is 22.8 Å². The second-order valence-corrected chi connectivity index (χ2v) is 7.26. The molecule has 0 saturated carbocycles. The van der Waals surface area contributed by atoms with Crippen LogP contribution in [0.15, 0.2) is 42.9 Å². The van der Waals surface area contributed by atoms with Gasteiger partial charge in [0.15, 0.2) is 17.1 Å². The van der Waals surface area contributed by atoms with Crippen LogP contribution in [-0.2, 0) is 11.3 Å². The first kappa shape index (κ1) is 19.9. The first-order valence-corrected chi connectivity index (χ1v) is 9.98. The Morgan fingerprint density at radius 1 is 1.07 bits per heavy atom. The van der Waals surface area contributed by atoms with Crippen molar-refractivity contribution in [3.05, 3.63) is 48.4 Å². The van der Waals surface area contributed by atoms with E-state index in [-0.39, 0.29) is 11.8 Å². The van der Waals surface area contributed by atoms with E-state index in [9.17, 15) is 4.79 Å². The molecule has 0 aliphatic carbocycles. The average molecular weight is 407 g/mol. The molecule has 1 aromatic carbocycles. The third-order valence-corrected chi connectivity index (χ3v) is 5.46. The predicted molar refractivity (Wildman–Crippen MR) is 114 cm³/mol. The molecule has 0 bridgehead atoms. The van der Waals surface area contributed by atoms with Gasteiger partial charge in [-0.25, -0.2) is 9.97 Å². The average Bonchev–Trinajstić information content (AvgIpc) is 2.82. The fourth-order valence-electron chi connectivity index (χ4n) is 3.74. The quantitative estimate of drug-likeness (QED) is 0.672. The molecule has 1 amide bonds. The SMILES string of the molecule is COc1ccc(CNC(=O)C2CCN(c3cnc4nccnc4c3)CC2)cc1OC. The van der Waals surface area contributed by atoms with Gasteiger partial charge in [-0.1, -0.05) is 6.07 Å². The highest BCUT2D eigenvalue weighted by atomic mass is 16.5. The van der Waals surface area contributed by atoms with Crippen molar-refractivity contribution < 1.29 is 14.3 Å². The highest BCUT2D eigenvalue weighted by Gasteiger charge is 2.25. The van der Waals surface area contributed by atoms with Crippen LogP contribution in [0.5, 0.6) is 11.5 Å². The molecule has 0 unspecified atom stereocenters. The lowest BCUT2D eigenvalue weighted by Gasteiger charge is -2.32. The predicted octanol–water partition coefficient (Wildman–Crippen LogP) is 2.57. The summed E-state index contributed by atoms with van der Waals surface area (Å²) >= 11 is 0. The van der Waals surface area contributed by atoms with Crippen LogP contribution in [0.2, 0.25) is 0 Å². The number of benzene rings is 1. The van der Waals surface area contributed by atoms with Crippen LogP contribution in [0.3, 0.4) is 0 Å². The minimum atomic E-state index is 0.00889. The van der Waals surface area contributed by atoms with Crippen molar-refractivity contribution in [1.29, 1.82) is 0 Å². The number of nitrogens with one attached hydrogen (secondary N) is 1. The number of anilines is 1. The van der Waals surface area contributed by atoms with Crippen molar-refractivity contribution in [2.24, 2.45) is 5.92 Å². The molecule has 1 saturated heterocycles. The topological polar surface area (TPSA) is 89.5 Å². The molecule has 0 spiro atoms. The zero-order chi connectivity index (χ0) is 20.9. The Hall–Kier alpha value is -3.42. The summed E-state index contributed by atoms with van der Waals surface area (Å²) in [6, 6.07) is 7.67. The van der Waals surface area contributed by atoms with Gasteiger partial charge in [-0.05, 0) is 36.6 Å². The summed E-state index contributed by atoms with van der Waals surface area (Å²) in [5.74, 6) is 1.43. The van der Waals surface area contributed by atoms with Crippen LogP contribution in [0.4, 0.5) is 5.69 Å². The van der Waals surface area contributed by atoms with Gasteiger partial charge < -0.3 is 19.7 Å². The zero-order valence-corrected chi connectivity index (χ0v) is 17.2. The fraction of sp³-hybridized carbons (Fsp3) is 0.364. The van der Waals surface area contributed by atoms with Crippen molar-refractivity contribution in [2.75, 3.05) is 32.2 Å². The summed E-state index contributed by atoms with van der Waals surface area (Å²) in [7, 11) is 3.21. The molecule has 1 N–H and O–H groups in total. The van der Waals surface area contributed by atoms with E-state index in [2.05, 4.69) is 25.2 Å². The fourth-order valence-corrected chi connectivity index (χ4v) is 3.74. The van der Waals surface area contributed by atoms with Crippen LogP contribution in [-0.4, -0.2) is 48.2 Å². The Bertz CT molecular complexity index is 1030. The lowest BCUT2D eigenvalue weighted by Crippen LogP contribution is -2.40. The van der Waals surface area contributed by atoms with Crippen molar-refractivity contribution in [2.45, 2.75) is 19.4 Å². The van der Waals surface area contributed by atoms with E-state index in [4.69, 9.17) is 9.47 Å². The molecule has 156 valence electrons. The van der Waals surface area contributed by atoms with E-state index in [1.807, 2.05) is 30.5 Å². The smallest absolute Gasteiger partial charge is 0.223 e. The second-order valence-electron chi connectivity index (χ2n) is 7.26. The molecule has 3 aromatic rings. The molecule has 1 fully saturated rings. The summed E-state index contributed by atoms with van der Waals surface area (Å²) in [5, 5.41) is 3.05. The zero-order valence-electron chi connectivity index (χ0n) is 17.2. The minimum Gasteiger partial charge on any atom is -0.493 e. The van der Waals surface area contributed by atoms with Gasteiger partial charge in [0.1, 0.15) is 5.52 Å². The monoisotopic (exact) mass is 407 g/mol. The molecular formula is C22H25N5O3.